The summed E-state index contributed by atoms with van der Waals surface area (Å²) >= 11 is 6.16. The fourth-order valence-electron chi connectivity index (χ4n) is 2.23. The molecule has 20 heavy (non-hydrogen) atoms. The van der Waals surface area contributed by atoms with Crippen LogP contribution in [0.3, 0.4) is 0 Å². The van der Waals surface area contributed by atoms with E-state index >= 15 is 0 Å². The average molecular weight is 293 g/mol. The number of H-pyrrole nitrogens is 1. The molecule has 1 amide bonds. The summed E-state index contributed by atoms with van der Waals surface area (Å²) in [5, 5.41) is 4.57. The zero-order valence-electron chi connectivity index (χ0n) is 11.3. The van der Waals surface area contributed by atoms with E-state index in [0.29, 0.717) is 23.9 Å². The van der Waals surface area contributed by atoms with Crippen molar-refractivity contribution in [1.29, 1.82) is 0 Å². The average Bonchev–Trinajstić information content (AvgIpc) is 3.19. The molecule has 2 N–H and O–H groups in total. The van der Waals surface area contributed by atoms with Crippen LogP contribution in [-0.2, 0) is 11.3 Å². The van der Waals surface area contributed by atoms with Crippen LogP contribution in [0.5, 0.6) is 5.75 Å². The summed E-state index contributed by atoms with van der Waals surface area (Å²) in [5.74, 6) is 1.06. The van der Waals surface area contributed by atoms with Crippen LogP contribution in [0.1, 0.15) is 25.5 Å². The van der Waals surface area contributed by atoms with E-state index in [-0.39, 0.29) is 11.8 Å². The highest BCUT2D eigenvalue weighted by molar-refractivity contribution is 6.32. The van der Waals surface area contributed by atoms with E-state index in [2.05, 4.69) is 10.3 Å². The largest absolute Gasteiger partial charge is 0.492 e. The van der Waals surface area contributed by atoms with Gasteiger partial charge in [-0.2, -0.15) is 0 Å². The van der Waals surface area contributed by atoms with Gasteiger partial charge in [0, 0.05) is 28.6 Å². The fourth-order valence-corrected chi connectivity index (χ4v) is 2.45. The van der Waals surface area contributed by atoms with Gasteiger partial charge in [-0.25, -0.2) is 0 Å². The van der Waals surface area contributed by atoms with Crippen LogP contribution in [0.25, 0.3) is 10.9 Å². The molecule has 1 saturated carbocycles. The molecule has 0 atom stereocenters. The van der Waals surface area contributed by atoms with E-state index in [1.807, 2.05) is 25.1 Å². The van der Waals surface area contributed by atoms with Gasteiger partial charge in [0.25, 0.3) is 0 Å². The van der Waals surface area contributed by atoms with E-state index in [4.69, 9.17) is 16.3 Å². The third kappa shape index (κ3) is 2.75. The van der Waals surface area contributed by atoms with Gasteiger partial charge >= 0.3 is 0 Å². The maximum Gasteiger partial charge on any atom is 0.223 e. The summed E-state index contributed by atoms with van der Waals surface area (Å²) in [4.78, 5) is 14.9. The van der Waals surface area contributed by atoms with Crippen molar-refractivity contribution in [1.82, 2.24) is 10.3 Å². The Morgan fingerprint density at radius 2 is 2.25 bits per heavy atom. The van der Waals surface area contributed by atoms with Crippen molar-refractivity contribution >= 4 is 28.4 Å². The van der Waals surface area contributed by atoms with E-state index in [0.717, 1.165) is 29.4 Å². The first kappa shape index (κ1) is 13.3. The Morgan fingerprint density at radius 3 is 2.95 bits per heavy atom. The zero-order valence-corrected chi connectivity index (χ0v) is 12.1. The Hall–Kier alpha value is -1.68. The normalized spacial score (nSPS) is 14.5. The number of ether oxygens (including phenoxy) is 1. The number of hydrogen-bond acceptors (Lipinski definition) is 2. The number of hydrogen-bond donors (Lipinski definition) is 2. The molecular formula is C15H17ClN2O2. The van der Waals surface area contributed by atoms with Crippen LogP contribution in [-0.4, -0.2) is 17.5 Å². The van der Waals surface area contributed by atoms with Crippen LogP contribution < -0.4 is 10.1 Å². The summed E-state index contributed by atoms with van der Waals surface area (Å²) in [6.07, 6.45) is 2.04. The lowest BCUT2D eigenvalue weighted by atomic mass is 10.2. The highest BCUT2D eigenvalue weighted by atomic mass is 35.5. The molecule has 1 aliphatic rings. The van der Waals surface area contributed by atoms with Gasteiger partial charge in [-0.15, -0.1) is 0 Å². The number of benzene rings is 1. The number of halogens is 1. The van der Waals surface area contributed by atoms with Crippen molar-refractivity contribution in [2.24, 2.45) is 5.92 Å². The monoisotopic (exact) mass is 292 g/mol. The Morgan fingerprint density at radius 1 is 1.45 bits per heavy atom. The lowest BCUT2D eigenvalue weighted by Gasteiger charge is -2.05. The first-order chi connectivity index (χ1) is 9.67. The second kappa shape index (κ2) is 5.37. The lowest BCUT2D eigenvalue weighted by Crippen LogP contribution is -2.24. The van der Waals surface area contributed by atoms with Crippen molar-refractivity contribution in [3.05, 3.63) is 28.9 Å². The van der Waals surface area contributed by atoms with Crippen LogP contribution >= 0.6 is 11.6 Å². The summed E-state index contributed by atoms with van der Waals surface area (Å²) in [6.45, 7) is 3.02. The Labute approximate surface area is 122 Å². The van der Waals surface area contributed by atoms with Crippen molar-refractivity contribution in [3.8, 4) is 5.75 Å². The summed E-state index contributed by atoms with van der Waals surface area (Å²) in [5.41, 5.74) is 1.94. The first-order valence-corrected chi connectivity index (χ1v) is 7.27. The number of nitrogens with one attached hydrogen (secondary N) is 2. The molecule has 0 spiro atoms. The summed E-state index contributed by atoms with van der Waals surface area (Å²) in [7, 11) is 0. The number of carbonyl (C=O) groups is 1. The quantitative estimate of drug-likeness (QED) is 0.889. The lowest BCUT2D eigenvalue weighted by molar-refractivity contribution is -0.122. The maximum absolute atomic E-state index is 11.6. The van der Waals surface area contributed by atoms with E-state index in [9.17, 15) is 4.79 Å². The smallest absolute Gasteiger partial charge is 0.223 e. The predicted molar refractivity (Wildman–Crippen MR) is 79.0 cm³/mol. The number of aromatic nitrogens is 1. The van der Waals surface area contributed by atoms with Crippen LogP contribution in [0.4, 0.5) is 0 Å². The molecule has 0 aliphatic heterocycles. The molecular weight excluding hydrogens is 276 g/mol. The molecule has 0 saturated heterocycles. The van der Waals surface area contributed by atoms with Gasteiger partial charge in [0.2, 0.25) is 5.91 Å². The van der Waals surface area contributed by atoms with Crippen molar-refractivity contribution in [2.45, 2.75) is 26.3 Å². The molecule has 1 aromatic heterocycles. The molecule has 1 fully saturated rings. The number of carbonyl (C=O) groups excluding carboxylic acids is 1. The third-order valence-electron chi connectivity index (χ3n) is 3.43. The first-order valence-electron chi connectivity index (χ1n) is 6.89. The molecule has 0 bridgehead atoms. The van der Waals surface area contributed by atoms with Crippen molar-refractivity contribution in [3.63, 3.8) is 0 Å². The molecule has 0 radical (unpaired) electrons. The number of amides is 1. The van der Waals surface area contributed by atoms with Crippen LogP contribution in [0.15, 0.2) is 18.2 Å². The number of rotatable bonds is 5. The minimum absolute atomic E-state index is 0.150. The fraction of sp³-hybridized carbons (Fsp3) is 0.400. The van der Waals surface area contributed by atoms with Gasteiger partial charge in [-0.05, 0) is 31.9 Å². The van der Waals surface area contributed by atoms with Crippen molar-refractivity contribution in [2.75, 3.05) is 6.61 Å². The molecule has 1 aromatic carbocycles. The van der Waals surface area contributed by atoms with E-state index in [1.54, 1.807) is 0 Å². The Bertz CT molecular complexity index is 647. The van der Waals surface area contributed by atoms with E-state index < -0.39 is 0 Å². The predicted octanol–water partition coefficient (Wildman–Crippen LogP) is 3.25. The SMILES string of the molecule is CCOc1cc2[nH]c(CNC(=O)C3CC3)cc2cc1Cl. The van der Waals surface area contributed by atoms with Gasteiger partial charge in [-0.1, -0.05) is 11.6 Å². The summed E-state index contributed by atoms with van der Waals surface area (Å²) in [6, 6.07) is 5.78. The third-order valence-corrected chi connectivity index (χ3v) is 3.73. The highest BCUT2D eigenvalue weighted by Gasteiger charge is 2.29. The van der Waals surface area contributed by atoms with Gasteiger partial charge < -0.3 is 15.0 Å². The molecule has 4 nitrogen and oxygen atoms in total. The molecule has 106 valence electrons. The van der Waals surface area contributed by atoms with Crippen LogP contribution in [0, 0.1) is 5.92 Å². The zero-order chi connectivity index (χ0) is 14.1. The minimum atomic E-state index is 0.150. The number of fused-ring (bicyclic) bond motifs is 1. The molecule has 0 unspecified atom stereocenters. The minimum Gasteiger partial charge on any atom is -0.492 e. The molecule has 1 heterocycles. The highest BCUT2D eigenvalue weighted by Crippen LogP contribution is 2.31. The van der Waals surface area contributed by atoms with Crippen LogP contribution in [0.2, 0.25) is 5.02 Å². The van der Waals surface area contributed by atoms with Gasteiger partial charge in [0.05, 0.1) is 18.2 Å². The molecule has 3 rings (SSSR count). The number of aromatic amines is 1. The topological polar surface area (TPSA) is 54.1 Å². The Balaban J connectivity index is 1.77. The van der Waals surface area contributed by atoms with E-state index in [1.165, 1.54) is 0 Å². The summed E-state index contributed by atoms with van der Waals surface area (Å²) < 4.78 is 5.47. The molecule has 2 aromatic rings. The second-order valence-corrected chi connectivity index (χ2v) is 5.50. The van der Waals surface area contributed by atoms with Gasteiger partial charge in [0.1, 0.15) is 5.75 Å². The molecule has 1 aliphatic carbocycles. The molecule has 5 heteroatoms. The standard InChI is InChI=1S/C15H17ClN2O2/c1-2-20-14-7-13-10(6-12(14)16)5-11(18-13)8-17-15(19)9-3-4-9/h5-7,9,18H,2-4,8H2,1H3,(H,17,19). The maximum atomic E-state index is 11.6. The second-order valence-electron chi connectivity index (χ2n) is 5.09. The van der Waals surface area contributed by atoms with Crippen molar-refractivity contribution < 1.29 is 9.53 Å². The Kier molecular flexibility index (Phi) is 3.57. The van der Waals surface area contributed by atoms with Gasteiger partial charge in [-0.3, -0.25) is 4.79 Å². The van der Waals surface area contributed by atoms with Gasteiger partial charge in [0.15, 0.2) is 0 Å².